The van der Waals surface area contributed by atoms with E-state index in [-0.39, 0.29) is 0 Å². The second kappa shape index (κ2) is 6.52. The van der Waals surface area contributed by atoms with Crippen LogP contribution in [-0.4, -0.2) is 12.6 Å². The molecule has 0 heterocycles. The average molecular weight is 211 g/mol. The highest BCUT2D eigenvalue weighted by Gasteiger charge is 2.29. The summed E-state index contributed by atoms with van der Waals surface area (Å²) in [7, 11) is 0. The summed E-state index contributed by atoms with van der Waals surface area (Å²) in [5.41, 5.74) is 0. The second-order valence-corrected chi connectivity index (χ2v) is 5.99. The van der Waals surface area contributed by atoms with Crippen LogP contribution in [0.2, 0.25) is 0 Å². The van der Waals surface area contributed by atoms with Crippen molar-refractivity contribution in [1.29, 1.82) is 0 Å². The molecule has 1 heteroatoms. The van der Waals surface area contributed by atoms with Crippen molar-refractivity contribution in [2.45, 2.75) is 65.8 Å². The van der Waals surface area contributed by atoms with E-state index in [2.05, 4.69) is 33.0 Å². The largest absolute Gasteiger partial charge is 0.314 e. The molecule has 0 saturated heterocycles. The zero-order valence-electron chi connectivity index (χ0n) is 11.1. The van der Waals surface area contributed by atoms with Gasteiger partial charge in [0.05, 0.1) is 0 Å². The first kappa shape index (κ1) is 13.0. The van der Waals surface area contributed by atoms with E-state index in [0.29, 0.717) is 6.04 Å². The first-order valence-electron chi connectivity index (χ1n) is 6.83. The summed E-state index contributed by atoms with van der Waals surface area (Å²) in [4.78, 5) is 0. The van der Waals surface area contributed by atoms with Crippen molar-refractivity contribution in [2.24, 2.45) is 17.8 Å². The third-order valence-electron chi connectivity index (χ3n) is 3.72. The Hall–Kier alpha value is -0.0400. The molecule has 1 aliphatic carbocycles. The topological polar surface area (TPSA) is 12.0 Å². The highest BCUT2D eigenvalue weighted by atomic mass is 14.9. The molecule has 0 bridgehead atoms. The van der Waals surface area contributed by atoms with Gasteiger partial charge in [0.15, 0.2) is 0 Å². The molecule has 0 radical (unpaired) electrons. The summed E-state index contributed by atoms with van der Waals surface area (Å²) in [6.07, 6.45) is 7.29. The summed E-state index contributed by atoms with van der Waals surface area (Å²) in [6, 6.07) is 0.655. The maximum atomic E-state index is 3.58. The van der Waals surface area contributed by atoms with Gasteiger partial charge in [-0.15, -0.1) is 0 Å². The standard InChI is InChI=1S/C14H29N/c1-11(2)6-5-7-13-8-9-14(13)10-15-12(3)4/h11-15H,5-10H2,1-4H3. The van der Waals surface area contributed by atoms with Gasteiger partial charge in [-0.05, 0) is 37.1 Å². The summed E-state index contributed by atoms with van der Waals surface area (Å²) in [5, 5.41) is 3.58. The lowest BCUT2D eigenvalue weighted by molar-refractivity contribution is 0.152. The minimum absolute atomic E-state index is 0.655. The average Bonchev–Trinajstić information content (AvgIpc) is 2.09. The van der Waals surface area contributed by atoms with Crippen LogP contribution in [0.25, 0.3) is 0 Å². The SMILES string of the molecule is CC(C)CCCC1CCC1CNC(C)C. The van der Waals surface area contributed by atoms with Gasteiger partial charge in [-0.25, -0.2) is 0 Å². The summed E-state index contributed by atoms with van der Waals surface area (Å²) >= 11 is 0. The van der Waals surface area contributed by atoms with Crippen LogP contribution in [-0.2, 0) is 0 Å². The van der Waals surface area contributed by atoms with Crippen molar-refractivity contribution in [1.82, 2.24) is 5.32 Å². The quantitative estimate of drug-likeness (QED) is 0.674. The van der Waals surface area contributed by atoms with Gasteiger partial charge in [0.25, 0.3) is 0 Å². The molecule has 2 unspecified atom stereocenters. The van der Waals surface area contributed by atoms with Crippen LogP contribution in [0.4, 0.5) is 0 Å². The number of rotatable bonds is 7. The minimum Gasteiger partial charge on any atom is -0.314 e. The smallest absolute Gasteiger partial charge is 0.00104 e. The molecular formula is C14H29N. The van der Waals surface area contributed by atoms with Crippen molar-refractivity contribution in [2.75, 3.05) is 6.54 Å². The first-order valence-corrected chi connectivity index (χ1v) is 6.83. The van der Waals surface area contributed by atoms with E-state index >= 15 is 0 Å². The molecular weight excluding hydrogens is 182 g/mol. The van der Waals surface area contributed by atoms with Gasteiger partial charge in [-0.3, -0.25) is 0 Å². The Labute approximate surface area is 96.0 Å². The predicted molar refractivity (Wildman–Crippen MR) is 68.0 cm³/mol. The zero-order chi connectivity index (χ0) is 11.3. The van der Waals surface area contributed by atoms with E-state index in [1.807, 2.05) is 0 Å². The number of hydrogen-bond acceptors (Lipinski definition) is 1. The van der Waals surface area contributed by atoms with E-state index in [4.69, 9.17) is 0 Å². The molecule has 1 nitrogen and oxygen atoms in total. The van der Waals surface area contributed by atoms with Crippen molar-refractivity contribution in [3.8, 4) is 0 Å². The molecule has 0 spiro atoms. The molecule has 0 aromatic rings. The lowest BCUT2D eigenvalue weighted by Crippen LogP contribution is -2.37. The van der Waals surface area contributed by atoms with E-state index in [0.717, 1.165) is 17.8 Å². The van der Waals surface area contributed by atoms with E-state index in [1.54, 1.807) is 0 Å². The molecule has 0 aromatic heterocycles. The summed E-state index contributed by atoms with van der Waals surface area (Å²) in [5.74, 6) is 2.91. The molecule has 1 N–H and O–H groups in total. The molecule has 2 atom stereocenters. The van der Waals surface area contributed by atoms with Gasteiger partial charge in [0.1, 0.15) is 0 Å². The van der Waals surface area contributed by atoms with Crippen LogP contribution < -0.4 is 5.32 Å². The fraction of sp³-hybridized carbons (Fsp3) is 1.00. The molecule has 90 valence electrons. The summed E-state index contributed by atoms with van der Waals surface area (Å²) in [6.45, 7) is 10.4. The molecule has 1 aliphatic rings. The van der Waals surface area contributed by atoms with E-state index in [9.17, 15) is 0 Å². The van der Waals surface area contributed by atoms with Gasteiger partial charge in [0.2, 0.25) is 0 Å². The van der Waals surface area contributed by atoms with Crippen LogP contribution in [0, 0.1) is 17.8 Å². The number of nitrogens with one attached hydrogen (secondary N) is 1. The fourth-order valence-corrected chi connectivity index (χ4v) is 2.46. The van der Waals surface area contributed by atoms with Crippen molar-refractivity contribution >= 4 is 0 Å². The highest BCUT2D eigenvalue weighted by molar-refractivity contribution is 4.82. The molecule has 1 fully saturated rings. The minimum atomic E-state index is 0.655. The maximum Gasteiger partial charge on any atom is 0.00104 e. The van der Waals surface area contributed by atoms with Gasteiger partial charge in [-0.1, -0.05) is 47.0 Å². The third-order valence-corrected chi connectivity index (χ3v) is 3.72. The van der Waals surface area contributed by atoms with E-state index in [1.165, 1.54) is 38.6 Å². The Morgan fingerprint density at radius 2 is 1.73 bits per heavy atom. The van der Waals surface area contributed by atoms with Gasteiger partial charge in [0, 0.05) is 6.04 Å². The van der Waals surface area contributed by atoms with Gasteiger partial charge in [-0.2, -0.15) is 0 Å². The molecule has 1 rings (SSSR count). The molecule has 0 aliphatic heterocycles. The van der Waals surface area contributed by atoms with Crippen molar-refractivity contribution in [3.05, 3.63) is 0 Å². The Kier molecular flexibility index (Phi) is 5.66. The van der Waals surface area contributed by atoms with Crippen LogP contribution >= 0.6 is 0 Å². The first-order chi connectivity index (χ1) is 7.09. The molecule has 1 saturated carbocycles. The third kappa shape index (κ3) is 5.01. The van der Waals surface area contributed by atoms with Crippen LogP contribution in [0.5, 0.6) is 0 Å². The lowest BCUT2D eigenvalue weighted by atomic mass is 9.71. The monoisotopic (exact) mass is 211 g/mol. The Bertz CT molecular complexity index is 163. The normalized spacial score (nSPS) is 26.0. The van der Waals surface area contributed by atoms with Gasteiger partial charge < -0.3 is 5.32 Å². The summed E-state index contributed by atoms with van der Waals surface area (Å²) < 4.78 is 0. The zero-order valence-corrected chi connectivity index (χ0v) is 11.1. The predicted octanol–water partition coefficient (Wildman–Crippen LogP) is 3.84. The Morgan fingerprint density at radius 1 is 1.07 bits per heavy atom. The molecule has 0 amide bonds. The molecule has 15 heavy (non-hydrogen) atoms. The molecule has 0 aromatic carbocycles. The van der Waals surface area contributed by atoms with Crippen molar-refractivity contribution in [3.63, 3.8) is 0 Å². The van der Waals surface area contributed by atoms with Crippen LogP contribution in [0.15, 0.2) is 0 Å². The maximum absolute atomic E-state index is 3.58. The van der Waals surface area contributed by atoms with Crippen LogP contribution in [0.3, 0.4) is 0 Å². The van der Waals surface area contributed by atoms with E-state index < -0.39 is 0 Å². The lowest BCUT2D eigenvalue weighted by Gasteiger charge is -2.37. The van der Waals surface area contributed by atoms with Crippen LogP contribution in [0.1, 0.15) is 59.8 Å². The second-order valence-electron chi connectivity index (χ2n) is 5.99. The Morgan fingerprint density at radius 3 is 2.20 bits per heavy atom. The number of hydrogen-bond donors (Lipinski definition) is 1. The van der Waals surface area contributed by atoms with Crippen molar-refractivity contribution < 1.29 is 0 Å². The highest BCUT2D eigenvalue weighted by Crippen LogP contribution is 2.37. The Balaban J connectivity index is 2.04. The fourth-order valence-electron chi connectivity index (χ4n) is 2.46. The van der Waals surface area contributed by atoms with Gasteiger partial charge >= 0.3 is 0 Å².